The van der Waals surface area contributed by atoms with E-state index in [4.69, 9.17) is 9.31 Å². The molecule has 1 aliphatic heterocycles. The Bertz CT molecular complexity index is 793. The van der Waals surface area contributed by atoms with Gasteiger partial charge in [0.05, 0.1) is 0 Å². The maximum atomic E-state index is 10.2. The molecule has 132 valence electrons. The van der Waals surface area contributed by atoms with E-state index >= 15 is 0 Å². The Morgan fingerprint density at radius 3 is 1.54 bits per heavy atom. The Kier molecular flexibility index (Phi) is 4.93. The van der Waals surface area contributed by atoms with Crippen LogP contribution in [0, 0.1) is 0 Å². The van der Waals surface area contributed by atoms with Crippen molar-refractivity contribution in [1.82, 2.24) is 0 Å². The summed E-state index contributed by atoms with van der Waals surface area (Å²) < 4.78 is 13.1. The molecule has 5 heteroatoms. The highest BCUT2D eigenvalue weighted by atomic mass is 31.2. The van der Waals surface area contributed by atoms with Gasteiger partial charge in [-0.25, -0.2) is 0 Å². The van der Waals surface area contributed by atoms with Gasteiger partial charge in [0, 0.05) is 0 Å². The predicted octanol–water partition coefficient (Wildman–Crippen LogP) is 2.50. The van der Waals surface area contributed by atoms with E-state index in [1.54, 1.807) is 0 Å². The van der Waals surface area contributed by atoms with Crippen LogP contribution < -0.4 is 16.2 Å². The zero-order chi connectivity index (χ0) is 17.9. The van der Waals surface area contributed by atoms with Crippen LogP contribution >= 0.6 is 7.26 Å². The van der Waals surface area contributed by atoms with Gasteiger partial charge in [-0.15, -0.1) is 10.9 Å². The van der Waals surface area contributed by atoms with Crippen molar-refractivity contribution < 1.29 is 14.4 Å². The smallest absolute Gasteiger partial charge is 0.303 e. The average molecular weight is 364 g/mol. The van der Waals surface area contributed by atoms with Crippen molar-refractivity contribution >= 4 is 30.0 Å². The number of hydrogen-bond acceptors (Lipinski definition) is 3. The lowest BCUT2D eigenvalue weighted by atomic mass is 9.46. The number of benzene rings is 3. The Labute approximate surface area is 154 Å². The first-order valence-electron chi connectivity index (χ1n) is 8.85. The first kappa shape index (κ1) is 17.4. The summed E-state index contributed by atoms with van der Waals surface area (Å²) in [6.07, 6.45) is 1.11. The molecule has 0 aliphatic carbocycles. The van der Waals surface area contributed by atoms with Crippen molar-refractivity contribution in [3.05, 3.63) is 91.0 Å². The van der Waals surface area contributed by atoms with Crippen LogP contribution in [-0.4, -0.2) is 30.7 Å². The summed E-state index contributed by atoms with van der Waals surface area (Å²) in [5, 5.41) is 11.3. The third-order valence-corrected chi connectivity index (χ3v) is 8.39. The second-order valence-corrected chi connectivity index (χ2v) is 10.4. The van der Waals surface area contributed by atoms with Gasteiger partial charge in [0.15, 0.2) is 6.35 Å². The molecule has 4 rings (SSSR count). The Balaban J connectivity index is 1.73. The van der Waals surface area contributed by atoms with Gasteiger partial charge >= 0.3 is 6.55 Å². The largest absolute Gasteiger partial charge is 0.530 e. The van der Waals surface area contributed by atoms with E-state index in [2.05, 4.69) is 36.4 Å². The quantitative estimate of drug-likeness (QED) is 0.571. The minimum atomic E-state index is -1.92. The van der Waals surface area contributed by atoms with Crippen LogP contribution in [0.25, 0.3) is 0 Å². The maximum absolute atomic E-state index is 10.2. The molecule has 1 aliphatic rings. The van der Waals surface area contributed by atoms with Crippen LogP contribution in [-0.2, 0) is 9.31 Å². The summed E-state index contributed by atoms with van der Waals surface area (Å²) in [5.74, 6) is 0. The summed E-state index contributed by atoms with van der Waals surface area (Å²) in [6.45, 7) is -1.75. The third-order valence-electron chi connectivity index (χ3n) is 5.16. The van der Waals surface area contributed by atoms with Crippen molar-refractivity contribution in [2.24, 2.45) is 0 Å². The minimum absolute atomic E-state index is 0.0900. The van der Waals surface area contributed by atoms with Crippen LogP contribution in [0.1, 0.15) is 0 Å². The van der Waals surface area contributed by atoms with E-state index in [-0.39, 0.29) is 6.35 Å². The molecule has 0 spiro atoms. The highest BCUT2D eigenvalue weighted by molar-refractivity contribution is 7.82. The van der Waals surface area contributed by atoms with Crippen LogP contribution in [0.2, 0.25) is 0 Å². The molecule has 3 aromatic carbocycles. The van der Waals surface area contributed by atoms with Gasteiger partial charge in [-0.3, -0.25) is 0 Å². The van der Waals surface area contributed by atoms with Crippen molar-refractivity contribution in [2.45, 2.75) is 0 Å². The molecule has 26 heavy (non-hydrogen) atoms. The molecule has 0 saturated carbocycles. The Hall–Kier alpha value is -1.97. The predicted molar refractivity (Wildman–Crippen MR) is 110 cm³/mol. The molecule has 1 N–H and O–H groups in total. The van der Waals surface area contributed by atoms with E-state index < -0.39 is 13.8 Å². The van der Waals surface area contributed by atoms with E-state index in [1.807, 2.05) is 54.6 Å². The van der Waals surface area contributed by atoms with Crippen LogP contribution in [0.5, 0.6) is 0 Å². The molecule has 1 saturated heterocycles. The van der Waals surface area contributed by atoms with Crippen molar-refractivity contribution in [2.75, 3.05) is 19.0 Å². The van der Waals surface area contributed by atoms with E-state index in [0.717, 1.165) is 16.2 Å². The number of aliphatic hydroxyl groups is 1. The van der Waals surface area contributed by atoms with E-state index in [9.17, 15) is 5.11 Å². The third kappa shape index (κ3) is 3.00. The lowest BCUT2D eigenvalue weighted by molar-refractivity contribution is 0.218. The second-order valence-electron chi connectivity index (χ2n) is 6.75. The fourth-order valence-electron chi connectivity index (χ4n) is 3.63. The molecule has 1 fully saturated rings. The summed E-state index contributed by atoms with van der Waals surface area (Å²) in [5.41, 5.74) is 2.06. The number of rotatable bonds is 4. The van der Waals surface area contributed by atoms with Gasteiger partial charge in [-0.1, -0.05) is 78.9 Å². The van der Waals surface area contributed by atoms with Gasteiger partial charge in [-0.2, -0.15) is 0 Å². The Morgan fingerprint density at radius 1 is 0.692 bits per heavy atom. The molecule has 0 aromatic heterocycles. The van der Waals surface area contributed by atoms with E-state index in [1.165, 1.54) is 0 Å². The topological polar surface area (TPSA) is 38.7 Å². The molecule has 3 nitrogen and oxygen atoms in total. The lowest BCUT2D eigenvalue weighted by Gasteiger charge is -2.49. The summed E-state index contributed by atoms with van der Waals surface area (Å²) in [6, 6.07) is 30.4. The van der Waals surface area contributed by atoms with Gasteiger partial charge in [0.2, 0.25) is 0 Å². The van der Waals surface area contributed by atoms with Gasteiger partial charge < -0.3 is 14.4 Å². The maximum Gasteiger partial charge on any atom is 0.303 e. The first-order valence-corrected chi connectivity index (χ1v) is 11.2. The lowest BCUT2D eigenvalue weighted by Crippen LogP contribution is -2.66. The molecule has 0 unspecified atom stereocenters. The highest BCUT2D eigenvalue weighted by Crippen LogP contribution is 2.59. The Morgan fingerprint density at radius 2 is 1.12 bits per heavy atom. The van der Waals surface area contributed by atoms with E-state index in [0.29, 0.717) is 12.7 Å². The van der Waals surface area contributed by atoms with Crippen molar-refractivity contribution in [3.8, 4) is 0 Å². The van der Waals surface area contributed by atoms with Gasteiger partial charge in [0.25, 0.3) is 0 Å². The second kappa shape index (κ2) is 7.34. The van der Waals surface area contributed by atoms with Crippen LogP contribution in [0.3, 0.4) is 0 Å². The van der Waals surface area contributed by atoms with Crippen molar-refractivity contribution in [3.63, 3.8) is 0 Å². The van der Waals surface area contributed by atoms with Gasteiger partial charge in [0.1, 0.15) is 25.3 Å². The normalized spacial score (nSPS) is 18.3. The van der Waals surface area contributed by atoms with Crippen LogP contribution in [0.15, 0.2) is 91.0 Å². The molecular formula is C21H22BO3P. The van der Waals surface area contributed by atoms with Crippen molar-refractivity contribution in [1.29, 1.82) is 0 Å². The number of aliphatic hydroxyl groups excluding tert-OH is 1. The molecular weight excluding hydrogens is 342 g/mol. The SMILES string of the molecule is OC[P+]1(c2ccccc2)CO[B-](c2ccccc2)(c2ccccc2)OC1. The van der Waals surface area contributed by atoms with Gasteiger partial charge in [-0.05, 0) is 12.1 Å². The molecule has 0 bridgehead atoms. The minimum Gasteiger partial charge on any atom is -0.530 e. The highest BCUT2D eigenvalue weighted by Gasteiger charge is 2.48. The molecule has 3 aromatic rings. The first-order chi connectivity index (χ1) is 12.8. The number of hydrogen-bond donors (Lipinski definition) is 1. The average Bonchev–Trinajstić information content (AvgIpc) is 2.76. The molecule has 0 atom stereocenters. The van der Waals surface area contributed by atoms with Crippen LogP contribution in [0.4, 0.5) is 0 Å². The molecule has 0 amide bonds. The molecule has 1 heterocycles. The fraction of sp³-hybridized carbons (Fsp3) is 0.143. The molecule has 0 radical (unpaired) electrons. The zero-order valence-electron chi connectivity index (χ0n) is 14.6. The summed E-state index contributed by atoms with van der Waals surface area (Å²) >= 11 is 0. The summed E-state index contributed by atoms with van der Waals surface area (Å²) in [4.78, 5) is 0. The summed E-state index contributed by atoms with van der Waals surface area (Å²) in [7, 11) is -1.92. The standard InChI is InChI=1S/C21H22BO3P/c23-16-26(21-14-8-3-9-15-21)17-24-22(25-18-26,19-10-4-1-5-11-19)20-12-6-2-7-13-20/h1-15,23H,16-18H2. The fourth-order valence-corrected chi connectivity index (χ4v) is 6.12. The monoisotopic (exact) mass is 364 g/mol. The zero-order valence-corrected chi connectivity index (χ0v) is 15.5.